The van der Waals surface area contributed by atoms with Gasteiger partial charge in [-0.05, 0) is 6.42 Å². The minimum atomic E-state index is -0.0860. The van der Waals surface area contributed by atoms with Crippen LogP contribution in [0, 0.1) is 0 Å². The van der Waals surface area contributed by atoms with Crippen molar-refractivity contribution < 1.29 is 4.43 Å². The lowest BCUT2D eigenvalue weighted by Crippen LogP contribution is -2.24. The Hall–Kier alpha value is 0.497. The summed E-state index contributed by atoms with van der Waals surface area (Å²) in [7, 11) is 0.698. The van der Waals surface area contributed by atoms with Crippen molar-refractivity contribution in [1.82, 2.24) is 0 Å². The van der Waals surface area contributed by atoms with Crippen LogP contribution in [0.4, 0.5) is 0 Å². The molecule has 0 saturated heterocycles. The minimum Gasteiger partial charge on any atom is -0.423 e. The SMILES string of the molecule is C=CCC(O[SiH3])C(Cl)CCl. The molecule has 0 aliphatic rings. The Bertz CT molecular complexity index is 99.7. The van der Waals surface area contributed by atoms with Gasteiger partial charge in [-0.1, -0.05) is 6.08 Å². The van der Waals surface area contributed by atoms with Gasteiger partial charge in [-0.15, -0.1) is 29.8 Å². The molecule has 0 rings (SSSR count). The molecule has 0 bridgehead atoms. The van der Waals surface area contributed by atoms with Crippen LogP contribution in [0.5, 0.6) is 0 Å². The van der Waals surface area contributed by atoms with E-state index in [0.717, 1.165) is 6.42 Å². The predicted octanol–water partition coefficient (Wildman–Crippen LogP) is 1.07. The standard InChI is InChI=1S/C6H12Cl2OSi/c1-2-3-6(9-10)5(8)4-7/h2,5-6H,1,3-4H2,10H3. The number of hydrogen-bond donors (Lipinski definition) is 0. The molecule has 60 valence electrons. The summed E-state index contributed by atoms with van der Waals surface area (Å²) in [6, 6.07) is 0. The van der Waals surface area contributed by atoms with Crippen molar-refractivity contribution in [3.05, 3.63) is 12.7 Å². The van der Waals surface area contributed by atoms with Gasteiger partial charge in [-0.3, -0.25) is 0 Å². The lowest BCUT2D eigenvalue weighted by atomic mass is 10.2. The number of halogens is 2. The first kappa shape index (κ1) is 10.5. The highest BCUT2D eigenvalue weighted by Crippen LogP contribution is 2.11. The highest BCUT2D eigenvalue weighted by molar-refractivity contribution is 6.28. The van der Waals surface area contributed by atoms with Crippen LogP contribution in [0.2, 0.25) is 0 Å². The van der Waals surface area contributed by atoms with E-state index < -0.39 is 0 Å². The van der Waals surface area contributed by atoms with Crippen LogP contribution in [-0.4, -0.2) is 27.8 Å². The summed E-state index contributed by atoms with van der Waals surface area (Å²) in [5.74, 6) is 0.433. The average molecular weight is 199 g/mol. The molecule has 4 heteroatoms. The van der Waals surface area contributed by atoms with Crippen LogP contribution in [0.3, 0.4) is 0 Å². The largest absolute Gasteiger partial charge is 0.423 e. The van der Waals surface area contributed by atoms with Crippen LogP contribution < -0.4 is 0 Å². The molecule has 2 unspecified atom stereocenters. The molecular formula is C6H12Cl2OSi. The maximum Gasteiger partial charge on any atom is 0.146 e. The zero-order valence-electron chi connectivity index (χ0n) is 6.02. The van der Waals surface area contributed by atoms with Crippen molar-refractivity contribution >= 4 is 33.7 Å². The number of alkyl halides is 2. The van der Waals surface area contributed by atoms with Crippen LogP contribution in [0.25, 0.3) is 0 Å². The summed E-state index contributed by atoms with van der Waals surface area (Å²) in [5, 5.41) is -0.0860. The zero-order chi connectivity index (χ0) is 7.98. The Labute approximate surface area is 74.9 Å². The zero-order valence-corrected chi connectivity index (χ0v) is 9.53. The van der Waals surface area contributed by atoms with Gasteiger partial charge < -0.3 is 4.43 Å². The van der Waals surface area contributed by atoms with Gasteiger partial charge in [0.05, 0.1) is 11.5 Å². The van der Waals surface area contributed by atoms with Crippen molar-refractivity contribution in [2.75, 3.05) is 5.88 Å². The van der Waals surface area contributed by atoms with Gasteiger partial charge in [-0.2, -0.15) is 0 Å². The van der Waals surface area contributed by atoms with Gasteiger partial charge in [0.15, 0.2) is 0 Å². The molecule has 0 radical (unpaired) electrons. The van der Waals surface area contributed by atoms with Crippen molar-refractivity contribution in [3.63, 3.8) is 0 Å². The molecule has 0 N–H and O–H groups in total. The van der Waals surface area contributed by atoms with Crippen molar-refractivity contribution in [2.24, 2.45) is 0 Å². The summed E-state index contributed by atoms with van der Waals surface area (Å²) in [6.07, 6.45) is 2.64. The first-order chi connectivity index (χ1) is 4.76. The summed E-state index contributed by atoms with van der Waals surface area (Å²) < 4.78 is 5.19. The topological polar surface area (TPSA) is 9.23 Å². The smallest absolute Gasteiger partial charge is 0.146 e. The third-order valence-corrected chi connectivity index (χ3v) is 2.78. The first-order valence-corrected chi connectivity index (χ1v) is 4.88. The second-order valence-electron chi connectivity index (χ2n) is 1.97. The van der Waals surface area contributed by atoms with Crippen molar-refractivity contribution in [2.45, 2.75) is 17.9 Å². The lowest BCUT2D eigenvalue weighted by Gasteiger charge is -2.17. The summed E-state index contributed by atoms with van der Waals surface area (Å²) in [6.45, 7) is 3.60. The highest BCUT2D eigenvalue weighted by Gasteiger charge is 2.14. The van der Waals surface area contributed by atoms with E-state index >= 15 is 0 Å². The Balaban J connectivity index is 3.67. The lowest BCUT2D eigenvalue weighted by molar-refractivity contribution is 0.225. The van der Waals surface area contributed by atoms with Gasteiger partial charge in [-0.25, -0.2) is 0 Å². The maximum atomic E-state index is 5.83. The quantitative estimate of drug-likeness (QED) is 0.365. The third-order valence-electron chi connectivity index (χ3n) is 1.25. The molecule has 0 saturated carbocycles. The molecule has 10 heavy (non-hydrogen) atoms. The van der Waals surface area contributed by atoms with Crippen LogP contribution in [0.15, 0.2) is 12.7 Å². The monoisotopic (exact) mass is 198 g/mol. The van der Waals surface area contributed by atoms with E-state index in [2.05, 4.69) is 6.58 Å². The van der Waals surface area contributed by atoms with E-state index in [1.807, 2.05) is 0 Å². The molecule has 0 aromatic heterocycles. The van der Waals surface area contributed by atoms with Crippen LogP contribution in [-0.2, 0) is 4.43 Å². The maximum absolute atomic E-state index is 5.83. The number of rotatable bonds is 5. The van der Waals surface area contributed by atoms with E-state index in [4.69, 9.17) is 27.6 Å². The van der Waals surface area contributed by atoms with E-state index in [1.165, 1.54) is 0 Å². The molecule has 0 spiro atoms. The fourth-order valence-corrected chi connectivity index (χ4v) is 1.75. The molecule has 0 aromatic carbocycles. The van der Waals surface area contributed by atoms with Gasteiger partial charge >= 0.3 is 0 Å². The van der Waals surface area contributed by atoms with E-state index in [1.54, 1.807) is 6.08 Å². The third kappa shape index (κ3) is 3.61. The van der Waals surface area contributed by atoms with Crippen LogP contribution >= 0.6 is 23.2 Å². The summed E-state index contributed by atoms with van der Waals surface area (Å²) in [4.78, 5) is 0. The van der Waals surface area contributed by atoms with E-state index in [-0.39, 0.29) is 11.5 Å². The molecule has 2 atom stereocenters. The Morgan fingerprint density at radius 1 is 1.70 bits per heavy atom. The molecule has 0 amide bonds. The fraction of sp³-hybridized carbons (Fsp3) is 0.667. The molecule has 1 nitrogen and oxygen atoms in total. The molecule has 0 aromatic rings. The molecule has 0 heterocycles. The first-order valence-electron chi connectivity index (χ1n) is 3.10. The Morgan fingerprint density at radius 3 is 2.60 bits per heavy atom. The highest BCUT2D eigenvalue weighted by atomic mass is 35.5. The van der Waals surface area contributed by atoms with E-state index in [9.17, 15) is 0 Å². The van der Waals surface area contributed by atoms with Gasteiger partial charge in [0.25, 0.3) is 0 Å². The fourth-order valence-electron chi connectivity index (χ4n) is 0.655. The minimum absolute atomic E-state index is 0.0586. The van der Waals surface area contributed by atoms with Gasteiger partial charge in [0, 0.05) is 5.88 Å². The predicted molar refractivity (Wildman–Crippen MR) is 50.0 cm³/mol. The second-order valence-corrected chi connectivity index (χ2v) is 3.31. The van der Waals surface area contributed by atoms with Crippen molar-refractivity contribution in [1.29, 1.82) is 0 Å². The van der Waals surface area contributed by atoms with Crippen LogP contribution in [0.1, 0.15) is 6.42 Å². The summed E-state index contributed by atoms with van der Waals surface area (Å²) >= 11 is 11.4. The van der Waals surface area contributed by atoms with E-state index in [0.29, 0.717) is 16.4 Å². The van der Waals surface area contributed by atoms with Gasteiger partial charge in [0.2, 0.25) is 0 Å². The Kier molecular flexibility index (Phi) is 6.53. The Morgan fingerprint density at radius 2 is 2.30 bits per heavy atom. The average Bonchev–Trinajstić information content (AvgIpc) is 1.99. The van der Waals surface area contributed by atoms with Crippen molar-refractivity contribution in [3.8, 4) is 0 Å². The second kappa shape index (κ2) is 6.22. The molecule has 0 aliphatic carbocycles. The number of hydrogen-bond acceptors (Lipinski definition) is 1. The normalized spacial score (nSPS) is 16.6. The summed E-state index contributed by atoms with van der Waals surface area (Å²) in [5.41, 5.74) is 0. The molecule has 0 fully saturated rings. The van der Waals surface area contributed by atoms with Gasteiger partial charge in [0.1, 0.15) is 10.5 Å². The molecular weight excluding hydrogens is 187 g/mol. The molecule has 0 aliphatic heterocycles.